The van der Waals surface area contributed by atoms with Crippen LogP contribution in [0.15, 0.2) is 18.2 Å². The lowest BCUT2D eigenvalue weighted by molar-refractivity contribution is 0.352. The summed E-state index contributed by atoms with van der Waals surface area (Å²) in [7, 11) is 5.11. The van der Waals surface area contributed by atoms with Crippen LogP contribution in [0.3, 0.4) is 0 Å². The molecule has 0 spiro atoms. The van der Waals surface area contributed by atoms with E-state index in [9.17, 15) is 0 Å². The Kier molecular flexibility index (Phi) is 4.26. The first-order chi connectivity index (χ1) is 6.83. The van der Waals surface area contributed by atoms with Crippen molar-refractivity contribution in [3.05, 3.63) is 29.1 Å². The number of nitrogens with zero attached hydrogens (tertiary/aromatic N) is 1. The number of para-hydroxylation sites is 1. The SMILES string of the molecule is C[N-]CCc1cccc(OC)c1OC. The van der Waals surface area contributed by atoms with Crippen molar-refractivity contribution in [2.75, 3.05) is 27.8 Å². The van der Waals surface area contributed by atoms with Crippen LogP contribution in [-0.2, 0) is 6.42 Å². The summed E-state index contributed by atoms with van der Waals surface area (Å²) in [4.78, 5) is 0. The molecule has 3 heteroatoms. The molecule has 0 saturated heterocycles. The Balaban J connectivity index is 2.90. The Labute approximate surface area is 85.0 Å². The molecule has 78 valence electrons. The Hall–Kier alpha value is -1.22. The molecule has 1 rings (SSSR count). The van der Waals surface area contributed by atoms with Crippen LogP contribution in [-0.4, -0.2) is 27.8 Å². The summed E-state index contributed by atoms with van der Waals surface area (Å²) in [5.74, 6) is 1.60. The van der Waals surface area contributed by atoms with Gasteiger partial charge < -0.3 is 14.8 Å². The standard InChI is InChI=1S/C11H16NO2/c1-12-8-7-9-5-4-6-10(13-2)11(9)14-3/h4-6H,7-8H2,1-3H3/q-1. The first kappa shape index (κ1) is 10.9. The predicted octanol–water partition coefficient (Wildman–Crippen LogP) is 2.25. The Morgan fingerprint density at radius 2 is 2.00 bits per heavy atom. The lowest BCUT2D eigenvalue weighted by atomic mass is 10.1. The van der Waals surface area contributed by atoms with Gasteiger partial charge in [0.2, 0.25) is 0 Å². The van der Waals surface area contributed by atoms with E-state index >= 15 is 0 Å². The summed E-state index contributed by atoms with van der Waals surface area (Å²) in [6.45, 7) is 0.809. The van der Waals surface area contributed by atoms with Crippen LogP contribution >= 0.6 is 0 Å². The average molecular weight is 194 g/mol. The molecular formula is C11H16NO2-. The third-order valence-corrected chi connectivity index (χ3v) is 2.09. The second-order valence-electron chi connectivity index (χ2n) is 2.94. The molecule has 0 amide bonds. The number of likely N-dealkylation sites (N-methyl/N-ethyl adjacent to an activating group) is 1. The molecule has 0 aliphatic heterocycles. The van der Waals surface area contributed by atoms with Gasteiger partial charge in [0.05, 0.1) is 14.2 Å². The maximum Gasteiger partial charge on any atom is 0.163 e. The molecular weight excluding hydrogens is 178 g/mol. The van der Waals surface area contributed by atoms with Crippen LogP contribution in [0.25, 0.3) is 5.32 Å². The Morgan fingerprint density at radius 1 is 1.21 bits per heavy atom. The number of hydrogen-bond donors (Lipinski definition) is 0. The molecule has 0 bridgehead atoms. The lowest BCUT2D eigenvalue weighted by Gasteiger charge is -2.15. The summed E-state index contributed by atoms with van der Waals surface area (Å²) in [6, 6.07) is 5.89. The van der Waals surface area contributed by atoms with E-state index in [1.165, 1.54) is 0 Å². The number of hydrogen-bond acceptors (Lipinski definition) is 2. The van der Waals surface area contributed by atoms with E-state index < -0.39 is 0 Å². The quantitative estimate of drug-likeness (QED) is 0.720. The summed E-state index contributed by atoms with van der Waals surface area (Å²) in [6.07, 6.45) is 0.886. The highest BCUT2D eigenvalue weighted by atomic mass is 16.5. The first-order valence-electron chi connectivity index (χ1n) is 4.59. The Morgan fingerprint density at radius 3 is 2.57 bits per heavy atom. The largest absolute Gasteiger partial charge is 0.665 e. The lowest BCUT2D eigenvalue weighted by Crippen LogP contribution is -1.97. The summed E-state index contributed by atoms with van der Waals surface area (Å²) < 4.78 is 10.5. The normalized spacial score (nSPS) is 9.93. The fourth-order valence-corrected chi connectivity index (χ4v) is 1.38. The van der Waals surface area contributed by atoms with E-state index in [4.69, 9.17) is 9.47 Å². The van der Waals surface area contributed by atoms with Crippen molar-refractivity contribution >= 4 is 0 Å². The minimum atomic E-state index is 0.779. The van der Waals surface area contributed by atoms with Gasteiger partial charge in [0.1, 0.15) is 0 Å². The van der Waals surface area contributed by atoms with E-state index in [1.807, 2.05) is 25.2 Å². The number of benzene rings is 1. The Bertz CT molecular complexity index is 287. The molecule has 14 heavy (non-hydrogen) atoms. The topological polar surface area (TPSA) is 32.6 Å². The maximum absolute atomic E-state index is 5.30. The van der Waals surface area contributed by atoms with Gasteiger partial charge in [-0.15, -0.1) is 6.54 Å². The van der Waals surface area contributed by atoms with E-state index in [2.05, 4.69) is 5.32 Å². The van der Waals surface area contributed by atoms with Crippen molar-refractivity contribution < 1.29 is 9.47 Å². The molecule has 0 aromatic heterocycles. The zero-order valence-electron chi connectivity index (χ0n) is 8.91. The van der Waals surface area contributed by atoms with Crippen molar-refractivity contribution in [2.24, 2.45) is 0 Å². The molecule has 0 N–H and O–H groups in total. The number of rotatable bonds is 5. The van der Waals surface area contributed by atoms with Crippen LogP contribution in [0.4, 0.5) is 0 Å². The summed E-state index contributed by atoms with van der Waals surface area (Å²) >= 11 is 0. The average Bonchev–Trinajstić information content (AvgIpc) is 2.25. The third kappa shape index (κ3) is 2.39. The molecule has 0 unspecified atom stereocenters. The van der Waals surface area contributed by atoms with Gasteiger partial charge in [-0.1, -0.05) is 12.1 Å². The van der Waals surface area contributed by atoms with Gasteiger partial charge in [0.15, 0.2) is 11.5 Å². The molecule has 0 radical (unpaired) electrons. The van der Waals surface area contributed by atoms with Crippen molar-refractivity contribution in [2.45, 2.75) is 6.42 Å². The van der Waals surface area contributed by atoms with E-state index in [-0.39, 0.29) is 0 Å². The molecule has 1 aromatic rings. The van der Waals surface area contributed by atoms with Crippen LogP contribution in [0.5, 0.6) is 11.5 Å². The van der Waals surface area contributed by atoms with Gasteiger partial charge in [-0.05, 0) is 18.1 Å². The van der Waals surface area contributed by atoms with Gasteiger partial charge in [0.25, 0.3) is 0 Å². The molecule has 0 saturated carbocycles. The smallest absolute Gasteiger partial charge is 0.163 e. The molecule has 0 heterocycles. The van der Waals surface area contributed by atoms with Gasteiger partial charge in [-0.25, -0.2) is 0 Å². The highest BCUT2D eigenvalue weighted by molar-refractivity contribution is 5.46. The van der Waals surface area contributed by atoms with Crippen LogP contribution in [0.1, 0.15) is 5.56 Å². The molecule has 0 aliphatic rings. The zero-order chi connectivity index (χ0) is 10.4. The summed E-state index contributed by atoms with van der Waals surface area (Å²) in [5.41, 5.74) is 1.14. The summed E-state index contributed by atoms with van der Waals surface area (Å²) in [5, 5.41) is 4.07. The van der Waals surface area contributed by atoms with Crippen LogP contribution < -0.4 is 9.47 Å². The molecule has 1 aromatic carbocycles. The second-order valence-corrected chi connectivity index (χ2v) is 2.94. The van der Waals surface area contributed by atoms with E-state index in [0.29, 0.717) is 0 Å². The number of methoxy groups -OCH3 is 2. The van der Waals surface area contributed by atoms with Crippen molar-refractivity contribution in [3.8, 4) is 11.5 Å². The van der Waals surface area contributed by atoms with Gasteiger partial charge in [0, 0.05) is 0 Å². The third-order valence-electron chi connectivity index (χ3n) is 2.09. The highest BCUT2D eigenvalue weighted by Crippen LogP contribution is 2.30. The van der Waals surface area contributed by atoms with Crippen molar-refractivity contribution in [1.29, 1.82) is 0 Å². The van der Waals surface area contributed by atoms with Crippen molar-refractivity contribution in [3.63, 3.8) is 0 Å². The van der Waals surface area contributed by atoms with E-state index in [0.717, 1.165) is 30.0 Å². The molecule has 0 fully saturated rings. The fraction of sp³-hybridized carbons (Fsp3) is 0.455. The first-order valence-corrected chi connectivity index (χ1v) is 4.59. The number of ether oxygens (including phenoxy) is 2. The molecule has 3 nitrogen and oxygen atoms in total. The molecule has 0 atom stereocenters. The monoisotopic (exact) mass is 194 g/mol. The zero-order valence-corrected chi connectivity index (χ0v) is 8.91. The van der Waals surface area contributed by atoms with Crippen LogP contribution in [0, 0.1) is 0 Å². The minimum Gasteiger partial charge on any atom is -0.665 e. The minimum absolute atomic E-state index is 0.779. The molecule has 0 aliphatic carbocycles. The van der Waals surface area contributed by atoms with Gasteiger partial charge >= 0.3 is 0 Å². The van der Waals surface area contributed by atoms with Gasteiger partial charge in [-0.2, -0.15) is 7.05 Å². The van der Waals surface area contributed by atoms with Crippen LogP contribution in [0.2, 0.25) is 0 Å². The predicted molar refractivity (Wildman–Crippen MR) is 57.4 cm³/mol. The van der Waals surface area contributed by atoms with Gasteiger partial charge in [-0.3, -0.25) is 0 Å². The maximum atomic E-state index is 5.30. The van der Waals surface area contributed by atoms with Crippen molar-refractivity contribution in [1.82, 2.24) is 0 Å². The second kappa shape index (κ2) is 5.50. The fourth-order valence-electron chi connectivity index (χ4n) is 1.38. The highest BCUT2D eigenvalue weighted by Gasteiger charge is 2.06. The van der Waals surface area contributed by atoms with E-state index in [1.54, 1.807) is 14.2 Å².